The van der Waals surface area contributed by atoms with Crippen LogP contribution in [-0.4, -0.2) is 55.7 Å². The van der Waals surface area contributed by atoms with E-state index >= 15 is 0 Å². The number of cyclic esters (lactones) is 1. The number of halogens is 1. The van der Waals surface area contributed by atoms with Gasteiger partial charge < -0.3 is 24.3 Å². The van der Waals surface area contributed by atoms with Crippen molar-refractivity contribution in [2.45, 2.75) is 70.8 Å². The van der Waals surface area contributed by atoms with Crippen molar-refractivity contribution in [3.8, 4) is 0 Å². The molecule has 4 atom stereocenters. The molecule has 2 aliphatic rings. The summed E-state index contributed by atoms with van der Waals surface area (Å²) >= 11 is 0. The SMILES string of the molecule is CC1OC(=O)C(NC(=O)OC(C)(C)C)COCC(OCC2CC2)C1Cc1ccc(F)cc1. The van der Waals surface area contributed by atoms with E-state index in [1.54, 1.807) is 32.9 Å². The fourth-order valence-electron chi connectivity index (χ4n) is 3.61. The molecule has 8 heteroatoms. The fraction of sp³-hybridized carbons (Fsp3) is 0.667. The standard InChI is InChI=1S/C24H34FNO6/c1-15-19(11-16-7-9-18(25)10-8-16)21(30-12-17-5-6-17)14-29-13-20(22(27)31-15)26-23(28)32-24(2,3)4/h7-10,15,17,19-21H,5-6,11-14H2,1-4H3,(H,26,28). The van der Waals surface area contributed by atoms with Gasteiger partial charge in [0.2, 0.25) is 0 Å². The van der Waals surface area contributed by atoms with Gasteiger partial charge in [-0.05, 0) is 70.6 Å². The summed E-state index contributed by atoms with van der Waals surface area (Å²) in [6, 6.07) is 5.29. The summed E-state index contributed by atoms with van der Waals surface area (Å²) in [5.41, 5.74) is 0.227. The monoisotopic (exact) mass is 451 g/mol. The molecule has 1 aromatic rings. The molecule has 1 amide bonds. The number of carbonyl (C=O) groups excluding carboxylic acids is 2. The molecule has 2 fully saturated rings. The first-order valence-electron chi connectivity index (χ1n) is 11.2. The van der Waals surface area contributed by atoms with Crippen molar-refractivity contribution in [1.82, 2.24) is 5.32 Å². The van der Waals surface area contributed by atoms with Crippen LogP contribution in [0, 0.1) is 17.7 Å². The van der Waals surface area contributed by atoms with Crippen molar-refractivity contribution in [2.24, 2.45) is 11.8 Å². The summed E-state index contributed by atoms with van der Waals surface area (Å²) in [4.78, 5) is 25.0. The lowest BCUT2D eigenvalue weighted by Crippen LogP contribution is -2.47. The number of hydrogen-bond donors (Lipinski definition) is 1. The van der Waals surface area contributed by atoms with Gasteiger partial charge in [0, 0.05) is 12.5 Å². The summed E-state index contributed by atoms with van der Waals surface area (Å²) < 4.78 is 36.3. The number of esters is 1. The highest BCUT2D eigenvalue weighted by Crippen LogP contribution is 2.31. The maximum absolute atomic E-state index is 13.4. The highest BCUT2D eigenvalue weighted by Gasteiger charge is 2.37. The Hall–Kier alpha value is -2.19. The largest absolute Gasteiger partial charge is 0.461 e. The average Bonchev–Trinajstić information content (AvgIpc) is 3.51. The zero-order valence-corrected chi connectivity index (χ0v) is 19.3. The number of hydrogen-bond acceptors (Lipinski definition) is 6. The number of rotatable bonds is 6. The third-order valence-electron chi connectivity index (χ3n) is 5.55. The molecule has 4 unspecified atom stereocenters. The molecule has 0 spiro atoms. The molecule has 0 aromatic heterocycles. The number of ether oxygens (including phenoxy) is 4. The molecule has 1 aliphatic carbocycles. The Morgan fingerprint density at radius 3 is 2.50 bits per heavy atom. The maximum Gasteiger partial charge on any atom is 0.408 e. The lowest BCUT2D eigenvalue weighted by atomic mass is 9.89. The molecule has 1 saturated carbocycles. The van der Waals surface area contributed by atoms with Crippen LogP contribution in [0.15, 0.2) is 24.3 Å². The summed E-state index contributed by atoms with van der Waals surface area (Å²) in [6.45, 7) is 7.89. The summed E-state index contributed by atoms with van der Waals surface area (Å²) in [7, 11) is 0. The van der Waals surface area contributed by atoms with Crippen molar-refractivity contribution in [3.05, 3.63) is 35.6 Å². The van der Waals surface area contributed by atoms with E-state index in [0.717, 1.165) is 18.4 Å². The van der Waals surface area contributed by atoms with Crippen LogP contribution in [0.4, 0.5) is 9.18 Å². The van der Waals surface area contributed by atoms with Gasteiger partial charge in [-0.2, -0.15) is 0 Å². The highest BCUT2D eigenvalue weighted by molar-refractivity contribution is 5.81. The zero-order chi connectivity index (χ0) is 23.3. The molecular weight excluding hydrogens is 417 g/mol. The summed E-state index contributed by atoms with van der Waals surface area (Å²) in [5.74, 6) is -0.518. The van der Waals surface area contributed by atoms with Gasteiger partial charge in [0.15, 0.2) is 6.04 Å². The lowest BCUT2D eigenvalue weighted by Gasteiger charge is -2.31. The minimum atomic E-state index is -0.985. The molecular formula is C24H34FNO6. The topological polar surface area (TPSA) is 83.1 Å². The smallest absolute Gasteiger partial charge is 0.408 e. The Labute approximate surface area is 188 Å². The van der Waals surface area contributed by atoms with Crippen LogP contribution in [0.5, 0.6) is 0 Å². The van der Waals surface area contributed by atoms with Crippen molar-refractivity contribution in [2.75, 3.05) is 19.8 Å². The molecule has 178 valence electrons. The maximum atomic E-state index is 13.4. The number of benzene rings is 1. The van der Waals surface area contributed by atoms with Crippen LogP contribution < -0.4 is 5.32 Å². The predicted molar refractivity (Wildman–Crippen MR) is 116 cm³/mol. The van der Waals surface area contributed by atoms with Gasteiger partial charge >= 0.3 is 12.1 Å². The van der Waals surface area contributed by atoms with E-state index in [-0.39, 0.29) is 31.1 Å². The second kappa shape index (κ2) is 10.6. The van der Waals surface area contributed by atoms with Crippen LogP contribution in [0.3, 0.4) is 0 Å². The Morgan fingerprint density at radius 2 is 1.88 bits per heavy atom. The zero-order valence-electron chi connectivity index (χ0n) is 19.3. The Bertz CT molecular complexity index is 774. The van der Waals surface area contributed by atoms with E-state index in [1.165, 1.54) is 12.1 Å². The van der Waals surface area contributed by atoms with Gasteiger partial charge in [-0.3, -0.25) is 0 Å². The van der Waals surface area contributed by atoms with Gasteiger partial charge in [0.25, 0.3) is 0 Å². The van der Waals surface area contributed by atoms with Crippen LogP contribution in [0.1, 0.15) is 46.1 Å². The summed E-state index contributed by atoms with van der Waals surface area (Å²) in [5, 5.41) is 2.54. The highest BCUT2D eigenvalue weighted by atomic mass is 19.1. The third kappa shape index (κ3) is 7.74. The predicted octanol–water partition coefficient (Wildman–Crippen LogP) is 3.63. The first-order chi connectivity index (χ1) is 15.1. The van der Waals surface area contributed by atoms with E-state index in [2.05, 4.69) is 5.32 Å². The Balaban J connectivity index is 1.72. The minimum absolute atomic E-state index is 0.0443. The molecule has 0 bridgehead atoms. The molecule has 1 aliphatic heterocycles. The van der Waals surface area contributed by atoms with Crippen molar-refractivity contribution < 1.29 is 32.9 Å². The molecule has 32 heavy (non-hydrogen) atoms. The molecule has 1 saturated heterocycles. The van der Waals surface area contributed by atoms with Crippen LogP contribution in [0.25, 0.3) is 0 Å². The first kappa shape index (κ1) is 24.5. The van der Waals surface area contributed by atoms with Gasteiger partial charge in [0.1, 0.15) is 17.5 Å². The number of alkyl carbamates (subject to hydrolysis) is 1. The van der Waals surface area contributed by atoms with Crippen LogP contribution >= 0.6 is 0 Å². The molecule has 3 rings (SSSR count). The van der Waals surface area contributed by atoms with Gasteiger partial charge in [-0.1, -0.05) is 12.1 Å². The van der Waals surface area contributed by atoms with E-state index in [4.69, 9.17) is 18.9 Å². The molecule has 1 aromatic carbocycles. The first-order valence-corrected chi connectivity index (χ1v) is 11.2. The van der Waals surface area contributed by atoms with Crippen molar-refractivity contribution in [3.63, 3.8) is 0 Å². The van der Waals surface area contributed by atoms with Gasteiger partial charge in [-0.15, -0.1) is 0 Å². The molecule has 1 heterocycles. The van der Waals surface area contributed by atoms with Crippen molar-refractivity contribution >= 4 is 12.1 Å². The minimum Gasteiger partial charge on any atom is -0.461 e. The van der Waals surface area contributed by atoms with Crippen molar-refractivity contribution in [1.29, 1.82) is 0 Å². The van der Waals surface area contributed by atoms with E-state index in [0.29, 0.717) is 18.9 Å². The van der Waals surface area contributed by atoms with Gasteiger partial charge in [-0.25, -0.2) is 14.0 Å². The molecule has 0 radical (unpaired) electrons. The van der Waals surface area contributed by atoms with Crippen LogP contribution in [-0.2, 0) is 30.2 Å². The number of nitrogens with one attached hydrogen (secondary N) is 1. The normalized spacial score (nSPS) is 27.0. The fourth-order valence-corrected chi connectivity index (χ4v) is 3.61. The van der Waals surface area contributed by atoms with Gasteiger partial charge in [0.05, 0.1) is 19.3 Å². The van der Waals surface area contributed by atoms with E-state index in [1.807, 2.05) is 6.92 Å². The van der Waals surface area contributed by atoms with Crippen LogP contribution in [0.2, 0.25) is 0 Å². The van der Waals surface area contributed by atoms with E-state index < -0.39 is 29.8 Å². The molecule has 1 N–H and O–H groups in total. The number of amides is 1. The third-order valence-corrected chi connectivity index (χ3v) is 5.55. The Kier molecular flexibility index (Phi) is 8.11. The molecule has 7 nitrogen and oxygen atoms in total. The Morgan fingerprint density at radius 1 is 1.19 bits per heavy atom. The summed E-state index contributed by atoms with van der Waals surface area (Å²) in [6.07, 6.45) is 1.34. The average molecular weight is 452 g/mol. The van der Waals surface area contributed by atoms with E-state index in [9.17, 15) is 14.0 Å². The second-order valence-electron chi connectivity index (χ2n) is 9.69. The number of carbonyl (C=O) groups is 2. The lowest BCUT2D eigenvalue weighted by molar-refractivity contribution is -0.155. The second-order valence-corrected chi connectivity index (χ2v) is 9.69. The quantitative estimate of drug-likeness (QED) is 0.665.